The van der Waals surface area contributed by atoms with Gasteiger partial charge in [-0.05, 0) is 12.1 Å². The summed E-state index contributed by atoms with van der Waals surface area (Å²) >= 11 is 8.36. The van der Waals surface area contributed by atoms with Crippen molar-refractivity contribution in [1.29, 1.82) is 0 Å². The normalized spacial score (nSPS) is 19.7. The van der Waals surface area contributed by atoms with Crippen LogP contribution in [0.4, 0.5) is 0 Å². The van der Waals surface area contributed by atoms with E-state index in [0.29, 0.717) is 5.54 Å². The zero-order chi connectivity index (χ0) is 6.08. The first-order valence-corrected chi connectivity index (χ1v) is 9.02. The van der Waals surface area contributed by atoms with Crippen LogP contribution in [0.5, 0.6) is 0 Å². The first-order chi connectivity index (χ1) is 2.94. The highest BCUT2D eigenvalue weighted by atomic mass is 127. The van der Waals surface area contributed by atoms with Crippen LogP contribution in [0.3, 0.4) is 0 Å². The molecule has 1 unspecified atom stereocenters. The smallest absolute Gasteiger partial charge is 0.153 e. The maximum atomic E-state index is 5.99. The Morgan fingerprint density at radius 2 is 1.71 bits per heavy atom. The summed E-state index contributed by atoms with van der Waals surface area (Å²) in [5, 5.41) is 0. The first kappa shape index (κ1) is 8.24. The highest BCUT2D eigenvalue weighted by Crippen LogP contribution is 2.30. The molecule has 7 heavy (non-hydrogen) atoms. The van der Waals surface area contributed by atoms with Gasteiger partial charge in [0.2, 0.25) is 4.88 Å². The van der Waals surface area contributed by atoms with Crippen molar-refractivity contribution in [2.24, 2.45) is 0 Å². The van der Waals surface area contributed by atoms with E-state index in [1.807, 2.05) is 0 Å². The van der Waals surface area contributed by atoms with E-state index in [-0.39, 0.29) is 0 Å². The van der Waals surface area contributed by atoms with E-state index in [2.05, 4.69) is 42.2 Å². The fraction of sp³-hybridized carbons (Fsp3) is 1.00. The molecule has 0 aromatic carbocycles. The van der Waals surface area contributed by atoms with Crippen molar-refractivity contribution in [3.05, 3.63) is 0 Å². The summed E-state index contributed by atoms with van der Waals surface area (Å²) in [6.45, 7) is 6.50. The molecule has 0 saturated carbocycles. The molecule has 0 saturated heterocycles. The van der Waals surface area contributed by atoms with Gasteiger partial charge in [0.1, 0.15) is 0 Å². The average Bonchev–Trinajstić information content (AvgIpc) is 1.31. The topological polar surface area (TPSA) is 0 Å². The second-order valence-electron chi connectivity index (χ2n) is 2.11. The molecule has 0 aromatic rings. The number of hydrogen-bond donors (Lipinski definition) is 0. The molecule has 0 aromatic heterocycles. The summed E-state index contributed by atoms with van der Waals surface area (Å²) in [7, 11) is 0. The third-order valence-corrected chi connectivity index (χ3v) is 8.09. The molecular formula is C4H10ClISi. The van der Waals surface area contributed by atoms with Crippen LogP contribution < -0.4 is 0 Å². The molecule has 1 atom stereocenters. The molecule has 0 rings (SSSR count). The minimum absolute atomic E-state index is 0.690. The van der Waals surface area contributed by atoms with E-state index in [0.717, 1.165) is 0 Å². The molecule has 0 spiro atoms. The van der Waals surface area contributed by atoms with E-state index >= 15 is 0 Å². The lowest BCUT2D eigenvalue weighted by atomic mass is 10.6. The molecule has 0 heterocycles. The van der Waals surface area contributed by atoms with Gasteiger partial charge in [0.15, 0.2) is 0 Å². The van der Waals surface area contributed by atoms with E-state index in [9.17, 15) is 0 Å². The van der Waals surface area contributed by atoms with Gasteiger partial charge in [0.25, 0.3) is 0 Å². The Hall–Kier alpha value is 1.24. The predicted octanol–water partition coefficient (Wildman–Crippen LogP) is 3.14. The Labute approximate surface area is 63.6 Å². The Morgan fingerprint density at radius 3 is 1.71 bits per heavy atom. The van der Waals surface area contributed by atoms with Gasteiger partial charge in [-0.3, -0.25) is 0 Å². The molecule has 44 valence electrons. The maximum Gasteiger partial charge on any atom is 0.221 e. The number of rotatable bonds is 1. The van der Waals surface area contributed by atoms with Crippen molar-refractivity contribution >= 4 is 37.8 Å². The highest BCUT2D eigenvalue weighted by molar-refractivity contribution is 14.1. The van der Waals surface area contributed by atoms with E-state index in [4.69, 9.17) is 11.1 Å². The fourth-order valence-corrected chi connectivity index (χ4v) is 0. The minimum Gasteiger partial charge on any atom is -0.153 e. The van der Waals surface area contributed by atoms with Gasteiger partial charge in [-0.15, -0.1) is 0 Å². The molecule has 0 radical (unpaired) electrons. The van der Waals surface area contributed by atoms with Gasteiger partial charge >= 0.3 is 0 Å². The molecule has 0 aliphatic carbocycles. The van der Waals surface area contributed by atoms with Crippen LogP contribution >= 0.6 is 32.9 Å². The van der Waals surface area contributed by atoms with Gasteiger partial charge in [0.05, 0.1) is 0 Å². The van der Waals surface area contributed by atoms with Crippen molar-refractivity contribution in [3.8, 4) is 0 Å². The molecule has 0 amide bonds. The van der Waals surface area contributed by atoms with Crippen LogP contribution in [0.25, 0.3) is 0 Å². The van der Waals surface area contributed by atoms with E-state index in [1.165, 1.54) is 0 Å². The van der Waals surface area contributed by atoms with Gasteiger partial charge in [-0.25, -0.2) is 0 Å². The minimum atomic E-state index is -1.29. The summed E-state index contributed by atoms with van der Waals surface area (Å²) in [4.78, 5) is -1.29. The molecule has 0 bridgehead atoms. The van der Waals surface area contributed by atoms with Gasteiger partial charge < -0.3 is 0 Å². The molecule has 0 nitrogen and oxygen atoms in total. The number of hydrogen-bond acceptors (Lipinski definition) is 0. The fourth-order valence-electron chi connectivity index (χ4n) is 0. The van der Waals surface area contributed by atoms with Crippen molar-refractivity contribution in [2.75, 3.05) is 0 Å². The monoisotopic (exact) mass is 248 g/mol. The third kappa shape index (κ3) is 3.79. The standard InChI is InChI=1S/C4H10ClISi/c1-4(2)7(3,5)6/h4H,1-3H3. The van der Waals surface area contributed by atoms with Crippen molar-refractivity contribution in [1.82, 2.24) is 0 Å². The summed E-state index contributed by atoms with van der Waals surface area (Å²) in [5.74, 6) is 0. The Bertz CT molecular complexity index is 57.2. The Kier molecular flexibility index (Phi) is 3.16. The molecule has 0 N–H and O–H groups in total. The summed E-state index contributed by atoms with van der Waals surface area (Å²) in [6.07, 6.45) is 0. The van der Waals surface area contributed by atoms with Crippen LogP contribution in [-0.4, -0.2) is 4.88 Å². The van der Waals surface area contributed by atoms with Crippen LogP contribution in [-0.2, 0) is 0 Å². The van der Waals surface area contributed by atoms with E-state index in [1.54, 1.807) is 0 Å². The largest absolute Gasteiger partial charge is 0.221 e. The summed E-state index contributed by atoms with van der Waals surface area (Å²) in [5.41, 5.74) is 0.690. The van der Waals surface area contributed by atoms with Crippen LogP contribution in [0.2, 0.25) is 12.1 Å². The quantitative estimate of drug-likeness (QED) is 0.380. The van der Waals surface area contributed by atoms with Crippen molar-refractivity contribution in [3.63, 3.8) is 0 Å². The lowest BCUT2D eigenvalue weighted by Crippen LogP contribution is -2.15. The lowest BCUT2D eigenvalue weighted by molar-refractivity contribution is 1.05. The molecule has 0 aliphatic rings. The van der Waals surface area contributed by atoms with Crippen LogP contribution in [0.15, 0.2) is 0 Å². The second-order valence-corrected chi connectivity index (χ2v) is 16.2. The van der Waals surface area contributed by atoms with Crippen LogP contribution in [0.1, 0.15) is 13.8 Å². The summed E-state index contributed by atoms with van der Waals surface area (Å²) in [6, 6.07) is 0. The first-order valence-electron chi connectivity index (χ1n) is 2.32. The Balaban J connectivity index is 3.54. The SMILES string of the molecule is CC(C)[Si](C)(Cl)I. The average molecular weight is 249 g/mol. The zero-order valence-corrected chi connectivity index (χ0v) is 8.75. The third-order valence-electron chi connectivity index (χ3n) is 1.01. The molecule has 0 aliphatic heterocycles. The van der Waals surface area contributed by atoms with Gasteiger partial charge in [-0.2, -0.15) is 11.1 Å². The lowest BCUT2D eigenvalue weighted by Gasteiger charge is -2.13. The molecule has 3 heteroatoms. The van der Waals surface area contributed by atoms with Crippen molar-refractivity contribution < 1.29 is 0 Å². The van der Waals surface area contributed by atoms with Gasteiger partial charge in [0, 0.05) is 0 Å². The zero-order valence-electron chi connectivity index (χ0n) is 4.83. The van der Waals surface area contributed by atoms with E-state index < -0.39 is 4.88 Å². The second kappa shape index (κ2) is 2.69. The van der Waals surface area contributed by atoms with Gasteiger partial charge in [-0.1, -0.05) is 35.6 Å². The summed E-state index contributed by atoms with van der Waals surface area (Å²) < 4.78 is 0. The Morgan fingerprint density at radius 1 is 1.57 bits per heavy atom. The maximum absolute atomic E-state index is 5.99. The highest BCUT2D eigenvalue weighted by Gasteiger charge is 2.23. The van der Waals surface area contributed by atoms with Crippen LogP contribution in [0, 0.1) is 0 Å². The van der Waals surface area contributed by atoms with Crippen molar-refractivity contribution in [2.45, 2.75) is 25.9 Å². The molecular weight excluding hydrogens is 238 g/mol. The number of halogens is 2. The molecule has 0 fully saturated rings. The predicted molar refractivity (Wildman–Crippen MR) is 46.6 cm³/mol.